The van der Waals surface area contributed by atoms with E-state index in [0.29, 0.717) is 0 Å². The van der Waals surface area contributed by atoms with Gasteiger partial charge >= 0.3 is 0 Å². The van der Waals surface area contributed by atoms with Crippen LogP contribution < -0.4 is 4.68 Å². The normalized spacial score (nSPS) is 8.10. The van der Waals surface area contributed by atoms with Crippen molar-refractivity contribution in [2.24, 2.45) is 5.10 Å². The monoisotopic (exact) mass is 272 g/mol. The Bertz CT molecular complexity index is 227. The van der Waals surface area contributed by atoms with Crippen LogP contribution in [0, 0.1) is 6.20 Å². The van der Waals surface area contributed by atoms with Crippen molar-refractivity contribution in [3.05, 3.63) is 29.0 Å². The van der Waals surface area contributed by atoms with Gasteiger partial charge in [-0.25, -0.2) is 5.10 Å². The minimum atomic E-state index is 0. The summed E-state index contributed by atoms with van der Waals surface area (Å²) >= 11 is 3.25. The summed E-state index contributed by atoms with van der Waals surface area (Å²) in [5, 5.41) is 3.36. The zero-order valence-corrected chi connectivity index (χ0v) is 9.58. The number of aromatic nitrogens is 1. The second-order valence-corrected chi connectivity index (χ2v) is 2.35. The molecule has 0 atom stereocenters. The van der Waals surface area contributed by atoms with E-state index in [1.54, 1.807) is 12.3 Å². The first-order valence-electron chi connectivity index (χ1n) is 2.33. The summed E-state index contributed by atoms with van der Waals surface area (Å²) in [5.41, 5.74) is 0. The third-order valence-corrected chi connectivity index (χ3v) is 1.29. The number of rotatable bonds is 1. The van der Waals surface area contributed by atoms with Crippen molar-refractivity contribution in [2.45, 2.75) is 0 Å². The van der Waals surface area contributed by atoms with E-state index in [1.807, 2.05) is 6.07 Å². The van der Waals surface area contributed by atoms with Crippen molar-refractivity contribution in [3.8, 4) is 0 Å². The van der Waals surface area contributed by atoms with Gasteiger partial charge in [0.15, 0.2) is 0 Å². The SMILES string of the molecule is [CH-]=N[n+]1[c-]ccc(Br)c1.[Y]. The van der Waals surface area contributed by atoms with E-state index in [-0.39, 0.29) is 32.7 Å². The van der Waals surface area contributed by atoms with Crippen molar-refractivity contribution in [1.29, 1.82) is 0 Å². The molecule has 0 unspecified atom stereocenters. The van der Waals surface area contributed by atoms with Crippen LogP contribution >= 0.6 is 15.9 Å². The Hall–Kier alpha value is 0.404. The Morgan fingerprint density at radius 3 is 2.80 bits per heavy atom. The molecule has 1 rings (SSSR count). The first kappa shape index (κ1) is 10.4. The zero-order valence-electron chi connectivity index (χ0n) is 5.16. The Kier molecular flexibility index (Phi) is 5.31. The summed E-state index contributed by atoms with van der Waals surface area (Å²) in [4.78, 5) is 0. The van der Waals surface area contributed by atoms with Crippen LogP contribution in [0.1, 0.15) is 0 Å². The minimum absolute atomic E-state index is 0. The van der Waals surface area contributed by atoms with Crippen molar-refractivity contribution in [3.63, 3.8) is 0 Å². The largest absolute Gasteiger partial charge is 0.339 e. The topological polar surface area (TPSA) is 16.2 Å². The second kappa shape index (κ2) is 5.11. The Morgan fingerprint density at radius 1 is 1.70 bits per heavy atom. The summed E-state index contributed by atoms with van der Waals surface area (Å²) in [6.07, 6.45) is 4.46. The maximum Gasteiger partial charge on any atom is 0.144 e. The van der Waals surface area contributed by atoms with E-state index in [4.69, 9.17) is 6.72 Å². The molecule has 0 spiro atoms. The van der Waals surface area contributed by atoms with E-state index < -0.39 is 0 Å². The molecule has 0 amide bonds. The average molecular weight is 273 g/mol. The molecule has 0 bridgehead atoms. The third-order valence-electron chi connectivity index (χ3n) is 0.819. The number of pyridine rings is 1. The van der Waals surface area contributed by atoms with Gasteiger partial charge in [-0.2, -0.15) is 4.68 Å². The fourth-order valence-corrected chi connectivity index (χ4v) is 0.783. The van der Waals surface area contributed by atoms with Crippen LogP contribution in [-0.2, 0) is 32.7 Å². The van der Waals surface area contributed by atoms with E-state index in [2.05, 4.69) is 27.2 Å². The molecule has 0 aromatic carbocycles. The van der Waals surface area contributed by atoms with Crippen molar-refractivity contribution in [1.82, 2.24) is 0 Å². The molecule has 1 aromatic rings. The standard InChI is InChI=1S/C6H4BrN2.Y/c1-8-9-4-2-3-6(7)5-9;/h1-3,5H;/q-1;. The Labute approximate surface area is 93.3 Å². The van der Waals surface area contributed by atoms with Crippen LogP contribution in [-0.4, -0.2) is 6.72 Å². The van der Waals surface area contributed by atoms with Gasteiger partial charge in [-0.05, 0) is 4.47 Å². The number of hydrogen-bond acceptors (Lipinski definition) is 1. The molecule has 1 heterocycles. The van der Waals surface area contributed by atoms with Crippen LogP contribution in [0.25, 0.3) is 0 Å². The molecule has 1 radical (unpaired) electrons. The van der Waals surface area contributed by atoms with E-state index in [1.165, 1.54) is 4.68 Å². The molecule has 0 saturated heterocycles. The summed E-state index contributed by atoms with van der Waals surface area (Å²) in [5.74, 6) is 0. The maximum absolute atomic E-state index is 4.95. The number of halogens is 1. The van der Waals surface area contributed by atoms with Gasteiger partial charge < -0.3 is 6.72 Å². The van der Waals surface area contributed by atoms with E-state index in [9.17, 15) is 0 Å². The van der Waals surface area contributed by atoms with Crippen molar-refractivity contribution < 1.29 is 37.4 Å². The molecule has 0 N–H and O–H groups in total. The molecule has 0 aliphatic carbocycles. The molecule has 0 aliphatic rings. The van der Waals surface area contributed by atoms with Crippen LogP contribution in [0.2, 0.25) is 0 Å². The predicted molar refractivity (Wildman–Crippen MR) is 37.1 cm³/mol. The molecule has 10 heavy (non-hydrogen) atoms. The van der Waals surface area contributed by atoms with Gasteiger partial charge in [-0.3, -0.25) is 0 Å². The fraction of sp³-hybridized carbons (Fsp3) is 0. The quantitative estimate of drug-likeness (QED) is 0.410. The molecule has 1 aromatic heterocycles. The summed E-state index contributed by atoms with van der Waals surface area (Å²) < 4.78 is 2.32. The average Bonchev–Trinajstić information content (AvgIpc) is 1.88. The first-order valence-corrected chi connectivity index (χ1v) is 3.12. The van der Waals surface area contributed by atoms with Crippen LogP contribution in [0.5, 0.6) is 0 Å². The zero-order chi connectivity index (χ0) is 6.69. The van der Waals surface area contributed by atoms with Gasteiger partial charge in [0.2, 0.25) is 0 Å². The predicted octanol–water partition coefficient (Wildman–Crippen LogP) is 0.875. The molecule has 4 heteroatoms. The van der Waals surface area contributed by atoms with Gasteiger partial charge in [0.25, 0.3) is 0 Å². The summed E-state index contributed by atoms with van der Waals surface area (Å²) in [7, 11) is 0. The fourth-order valence-electron chi connectivity index (χ4n) is 0.457. The molecule has 2 nitrogen and oxygen atoms in total. The summed E-state index contributed by atoms with van der Waals surface area (Å²) in [6.45, 7) is 4.95. The minimum Gasteiger partial charge on any atom is -0.339 e. The molecular formula is C6H4BrN2Y-. The Balaban J connectivity index is 0.000000810. The Morgan fingerprint density at radius 2 is 2.40 bits per heavy atom. The molecule has 49 valence electrons. The van der Waals surface area contributed by atoms with Gasteiger partial charge in [-0.1, -0.05) is 15.9 Å². The van der Waals surface area contributed by atoms with Crippen molar-refractivity contribution >= 4 is 22.6 Å². The van der Waals surface area contributed by atoms with Gasteiger partial charge in [-0.15, -0.1) is 12.1 Å². The molecule has 0 aliphatic heterocycles. The number of hydrogen-bond donors (Lipinski definition) is 0. The van der Waals surface area contributed by atoms with E-state index >= 15 is 0 Å². The smallest absolute Gasteiger partial charge is 0.144 e. The van der Waals surface area contributed by atoms with Gasteiger partial charge in [0.05, 0.1) is 0 Å². The van der Waals surface area contributed by atoms with Crippen LogP contribution in [0.3, 0.4) is 0 Å². The second-order valence-electron chi connectivity index (χ2n) is 1.44. The first-order chi connectivity index (χ1) is 4.33. The summed E-state index contributed by atoms with van der Waals surface area (Å²) in [6, 6.07) is 3.57. The maximum atomic E-state index is 4.95. The molecule has 0 fully saturated rings. The third kappa shape index (κ3) is 2.99. The molecular weight excluding hydrogens is 269 g/mol. The van der Waals surface area contributed by atoms with Gasteiger partial charge in [0, 0.05) is 32.7 Å². The van der Waals surface area contributed by atoms with Gasteiger partial charge in [0.1, 0.15) is 12.4 Å². The van der Waals surface area contributed by atoms with Crippen LogP contribution in [0.4, 0.5) is 0 Å². The van der Waals surface area contributed by atoms with Crippen molar-refractivity contribution in [2.75, 3.05) is 0 Å². The van der Waals surface area contributed by atoms with Crippen LogP contribution in [0.15, 0.2) is 27.9 Å². The van der Waals surface area contributed by atoms with E-state index in [0.717, 1.165) is 4.47 Å². The number of nitrogens with zero attached hydrogens (tertiary/aromatic N) is 2. The molecule has 0 saturated carbocycles.